The van der Waals surface area contributed by atoms with Gasteiger partial charge in [-0.2, -0.15) is 0 Å². The predicted octanol–water partition coefficient (Wildman–Crippen LogP) is 2.95. The first-order valence-electron chi connectivity index (χ1n) is 7.79. The van der Waals surface area contributed by atoms with Gasteiger partial charge in [0.25, 0.3) is 5.91 Å². The smallest absolute Gasteiger partial charge is 0.262 e. The van der Waals surface area contributed by atoms with Gasteiger partial charge in [-0.3, -0.25) is 14.2 Å². The molecule has 1 amide bonds. The first-order chi connectivity index (χ1) is 12.3. The lowest BCUT2D eigenvalue weighted by Crippen LogP contribution is -2.16. The van der Waals surface area contributed by atoms with E-state index < -0.39 is 23.4 Å². The number of benzene rings is 2. The highest BCUT2D eigenvalue weighted by Crippen LogP contribution is 2.32. The van der Waals surface area contributed by atoms with Gasteiger partial charge in [0.15, 0.2) is 11.6 Å². The molecule has 0 saturated carbocycles. The van der Waals surface area contributed by atoms with Gasteiger partial charge in [-0.15, -0.1) is 0 Å². The largest absolute Gasteiger partial charge is 0.494 e. The third kappa shape index (κ3) is 2.92. The van der Waals surface area contributed by atoms with E-state index in [4.69, 9.17) is 10.5 Å². The second-order valence-electron chi connectivity index (χ2n) is 5.86. The van der Waals surface area contributed by atoms with Crippen LogP contribution >= 0.6 is 0 Å². The van der Waals surface area contributed by atoms with Crippen LogP contribution in [0.4, 0.5) is 8.78 Å². The molecule has 0 spiro atoms. The maximum Gasteiger partial charge on any atom is 0.262 e. The number of halogens is 2. The van der Waals surface area contributed by atoms with Crippen LogP contribution < -0.4 is 10.5 Å². The van der Waals surface area contributed by atoms with Crippen molar-refractivity contribution in [2.45, 2.75) is 13.3 Å². The standard InChI is InChI=1S/C19H16F2N2O3/c1-10-13(8-18(22)24)14-7-17(26-2)15(21)9-16(14)23(10)19(25)11-3-5-12(20)6-4-11/h3-7,9H,8H2,1-2H3,(H2,22,24). The van der Waals surface area contributed by atoms with E-state index in [0.717, 1.165) is 0 Å². The Morgan fingerprint density at radius 1 is 1.15 bits per heavy atom. The summed E-state index contributed by atoms with van der Waals surface area (Å²) in [5, 5.41) is 0.495. The highest BCUT2D eigenvalue weighted by molar-refractivity contribution is 6.05. The van der Waals surface area contributed by atoms with E-state index in [-0.39, 0.29) is 23.3 Å². The van der Waals surface area contributed by atoms with Crippen LogP contribution in [0.25, 0.3) is 10.9 Å². The van der Waals surface area contributed by atoms with Crippen molar-refractivity contribution in [3.63, 3.8) is 0 Å². The van der Waals surface area contributed by atoms with Gasteiger partial charge >= 0.3 is 0 Å². The fourth-order valence-electron chi connectivity index (χ4n) is 3.02. The summed E-state index contributed by atoms with van der Waals surface area (Å²) in [6, 6.07) is 7.63. The second-order valence-corrected chi connectivity index (χ2v) is 5.86. The first-order valence-corrected chi connectivity index (χ1v) is 7.79. The Balaban J connectivity index is 2.28. The molecule has 2 aromatic carbocycles. The number of nitrogens with two attached hydrogens (primary N) is 1. The van der Waals surface area contributed by atoms with Crippen molar-refractivity contribution in [3.05, 3.63) is 64.9 Å². The monoisotopic (exact) mass is 358 g/mol. The van der Waals surface area contributed by atoms with Gasteiger partial charge in [0, 0.05) is 22.7 Å². The molecule has 7 heteroatoms. The lowest BCUT2D eigenvalue weighted by atomic mass is 10.1. The molecule has 0 radical (unpaired) electrons. The van der Waals surface area contributed by atoms with Crippen molar-refractivity contribution >= 4 is 22.7 Å². The molecule has 0 aliphatic heterocycles. The summed E-state index contributed by atoms with van der Waals surface area (Å²) in [5.74, 6) is -2.16. The van der Waals surface area contributed by atoms with Crippen LogP contribution in [0.1, 0.15) is 21.6 Å². The van der Waals surface area contributed by atoms with Crippen LogP contribution in [0.3, 0.4) is 0 Å². The van der Waals surface area contributed by atoms with E-state index in [1.54, 1.807) is 6.92 Å². The second kappa shape index (κ2) is 6.59. The van der Waals surface area contributed by atoms with Gasteiger partial charge in [-0.1, -0.05) is 0 Å². The molecular weight excluding hydrogens is 342 g/mol. The van der Waals surface area contributed by atoms with Gasteiger partial charge in [-0.25, -0.2) is 8.78 Å². The van der Waals surface area contributed by atoms with Gasteiger partial charge in [0.2, 0.25) is 5.91 Å². The molecule has 0 fully saturated rings. The molecule has 1 aromatic heterocycles. The van der Waals surface area contributed by atoms with Crippen LogP contribution in [0, 0.1) is 18.6 Å². The molecule has 0 saturated heterocycles. The van der Waals surface area contributed by atoms with Crippen molar-refractivity contribution in [1.29, 1.82) is 0 Å². The molecule has 134 valence electrons. The zero-order chi connectivity index (χ0) is 19.0. The third-order valence-electron chi connectivity index (χ3n) is 4.25. The molecule has 0 bridgehead atoms. The lowest BCUT2D eigenvalue weighted by Gasteiger charge is -2.08. The SMILES string of the molecule is COc1cc2c(CC(N)=O)c(C)n(C(=O)c3ccc(F)cc3)c2cc1F. The fourth-order valence-corrected chi connectivity index (χ4v) is 3.02. The number of ether oxygens (including phenoxy) is 1. The van der Waals surface area contributed by atoms with E-state index in [2.05, 4.69) is 0 Å². The van der Waals surface area contributed by atoms with Gasteiger partial charge in [0.05, 0.1) is 19.0 Å². The van der Waals surface area contributed by atoms with E-state index in [0.29, 0.717) is 16.6 Å². The van der Waals surface area contributed by atoms with Crippen LogP contribution in [-0.2, 0) is 11.2 Å². The minimum Gasteiger partial charge on any atom is -0.494 e. The molecular formula is C19H16F2N2O3. The van der Waals surface area contributed by atoms with E-state index in [1.165, 1.54) is 48.1 Å². The Hall–Kier alpha value is -3.22. The topological polar surface area (TPSA) is 74.3 Å². The number of methoxy groups -OCH3 is 1. The van der Waals surface area contributed by atoms with Crippen LogP contribution in [0.15, 0.2) is 36.4 Å². The molecule has 2 N–H and O–H groups in total. The minimum absolute atomic E-state index is 0.00500. The maximum absolute atomic E-state index is 14.2. The molecule has 0 aliphatic carbocycles. The summed E-state index contributed by atoms with van der Waals surface area (Å²) in [5.41, 5.74) is 6.81. The highest BCUT2D eigenvalue weighted by atomic mass is 19.1. The highest BCUT2D eigenvalue weighted by Gasteiger charge is 2.23. The molecule has 0 atom stereocenters. The van der Waals surface area contributed by atoms with E-state index in [1.807, 2.05) is 0 Å². The number of fused-ring (bicyclic) bond motifs is 1. The Kier molecular flexibility index (Phi) is 4.46. The number of hydrogen-bond donors (Lipinski definition) is 1. The van der Waals surface area contributed by atoms with Crippen molar-refractivity contribution in [1.82, 2.24) is 4.57 Å². The molecule has 3 aromatic rings. The van der Waals surface area contributed by atoms with Crippen molar-refractivity contribution in [2.24, 2.45) is 5.73 Å². The number of aromatic nitrogens is 1. The first kappa shape index (κ1) is 17.6. The summed E-state index contributed by atoms with van der Waals surface area (Å²) in [6.45, 7) is 1.64. The average molecular weight is 358 g/mol. The number of hydrogen-bond acceptors (Lipinski definition) is 3. The minimum atomic E-state index is -0.642. The maximum atomic E-state index is 14.2. The number of carbonyl (C=O) groups is 2. The molecule has 0 unspecified atom stereocenters. The van der Waals surface area contributed by atoms with Crippen molar-refractivity contribution in [2.75, 3.05) is 7.11 Å². The summed E-state index contributed by atoms with van der Waals surface area (Å²) >= 11 is 0. The van der Waals surface area contributed by atoms with Gasteiger partial charge in [-0.05, 0) is 42.8 Å². The van der Waals surface area contributed by atoms with Crippen LogP contribution in [-0.4, -0.2) is 23.5 Å². The zero-order valence-electron chi connectivity index (χ0n) is 14.2. The molecule has 26 heavy (non-hydrogen) atoms. The third-order valence-corrected chi connectivity index (χ3v) is 4.25. The van der Waals surface area contributed by atoms with E-state index in [9.17, 15) is 18.4 Å². The zero-order valence-corrected chi connectivity index (χ0v) is 14.2. The molecule has 3 rings (SSSR count). The summed E-state index contributed by atoms with van der Waals surface area (Å²) in [6.07, 6.45) is -0.110. The Morgan fingerprint density at radius 3 is 2.38 bits per heavy atom. The lowest BCUT2D eigenvalue weighted by molar-refractivity contribution is -0.117. The number of rotatable bonds is 4. The Labute approximate surface area is 148 Å². The average Bonchev–Trinajstić information content (AvgIpc) is 2.85. The van der Waals surface area contributed by atoms with Crippen molar-refractivity contribution in [3.8, 4) is 5.75 Å². The van der Waals surface area contributed by atoms with Crippen LogP contribution in [0.5, 0.6) is 5.75 Å². The van der Waals surface area contributed by atoms with Crippen molar-refractivity contribution < 1.29 is 23.1 Å². The molecule has 0 aliphatic rings. The summed E-state index contributed by atoms with van der Waals surface area (Å²) < 4.78 is 33.7. The van der Waals surface area contributed by atoms with Gasteiger partial charge in [0.1, 0.15) is 5.82 Å². The quantitative estimate of drug-likeness (QED) is 0.779. The van der Waals surface area contributed by atoms with Crippen LogP contribution in [0.2, 0.25) is 0 Å². The summed E-state index contributed by atoms with van der Waals surface area (Å²) in [4.78, 5) is 24.4. The Morgan fingerprint density at radius 2 is 1.81 bits per heavy atom. The Bertz CT molecular complexity index is 1020. The number of amides is 1. The number of nitrogens with zero attached hydrogens (tertiary/aromatic N) is 1. The van der Waals surface area contributed by atoms with E-state index >= 15 is 0 Å². The summed E-state index contributed by atoms with van der Waals surface area (Å²) in [7, 11) is 1.32. The molecule has 5 nitrogen and oxygen atoms in total. The molecule has 1 heterocycles. The predicted molar refractivity (Wildman–Crippen MR) is 92.2 cm³/mol. The number of primary amides is 1. The van der Waals surface area contributed by atoms with Gasteiger partial charge < -0.3 is 10.5 Å². The normalized spacial score (nSPS) is 10.9. The fraction of sp³-hybridized carbons (Fsp3) is 0.158. The number of carbonyl (C=O) groups excluding carboxylic acids is 2.